The van der Waals surface area contributed by atoms with Crippen LogP contribution >= 0.6 is 0 Å². The van der Waals surface area contributed by atoms with Gasteiger partial charge < -0.3 is 16.4 Å². The maximum Gasteiger partial charge on any atom is 0.254 e. The Balaban J connectivity index is 1.36. The maximum absolute atomic E-state index is 11.4. The molecule has 0 bridgehead atoms. The minimum atomic E-state index is -0.434. The van der Waals surface area contributed by atoms with Crippen molar-refractivity contribution in [2.24, 2.45) is 11.7 Å². The molecule has 0 saturated carbocycles. The molecule has 0 fully saturated rings. The van der Waals surface area contributed by atoms with Gasteiger partial charge >= 0.3 is 0 Å². The molecule has 4 rings (SSSR count). The molecule has 6 nitrogen and oxygen atoms in total. The van der Waals surface area contributed by atoms with Crippen LogP contribution in [0.25, 0.3) is 0 Å². The Morgan fingerprint density at radius 1 is 1.38 bits per heavy atom. The number of hydrogen-bond acceptors (Lipinski definition) is 4. The van der Waals surface area contributed by atoms with Crippen LogP contribution in [0, 0.1) is 5.92 Å². The molecule has 1 aromatic carbocycles. The normalized spacial score (nSPS) is 20.0. The van der Waals surface area contributed by atoms with E-state index in [-0.39, 0.29) is 0 Å². The van der Waals surface area contributed by atoms with E-state index in [1.54, 1.807) is 6.20 Å². The van der Waals surface area contributed by atoms with Crippen molar-refractivity contribution in [2.75, 3.05) is 18.4 Å². The van der Waals surface area contributed by atoms with Crippen LogP contribution in [-0.2, 0) is 19.4 Å². The minimum absolute atomic E-state index is 0.322. The zero-order valence-corrected chi connectivity index (χ0v) is 15.3. The zero-order chi connectivity index (χ0) is 18.1. The van der Waals surface area contributed by atoms with Gasteiger partial charge in [0, 0.05) is 31.6 Å². The van der Waals surface area contributed by atoms with Gasteiger partial charge in [-0.05, 0) is 49.3 Å². The molecule has 0 spiro atoms. The molecule has 1 amide bonds. The van der Waals surface area contributed by atoms with E-state index < -0.39 is 5.91 Å². The van der Waals surface area contributed by atoms with Gasteiger partial charge in [-0.25, -0.2) is 4.68 Å². The zero-order valence-electron chi connectivity index (χ0n) is 15.3. The van der Waals surface area contributed by atoms with Crippen molar-refractivity contribution >= 4 is 11.7 Å². The standard InChI is InChI=1S/C20H27N5O/c1-13(16-7-6-15-4-2-3-5-17(15)8-16)22-9-14-10-23-20-18(19(21)26)11-24-25(20)12-14/h6-8,11,13-14,22-23H,2-5,9-10,12H2,1H3,(H2,21,26). The van der Waals surface area contributed by atoms with E-state index in [2.05, 4.69) is 40.9 Å². The van der Waals surface area contributed by atoms with Crippen molar-refractivity contribution in [1.29, 1.82) is 0 Å². The van der Waals surface area contributed by atoms with Gasteiger partial charge in [-0.2, -0.15) is 5.10 Å². The topological polar surface area (TPSA) is 85.0 Å². The first-order valence-corrected chi connectivity index (χ1v) is 9.56. The van der Waals surface area contributed by atoms with Crippen molar-refractivity contribution in [3.05, 3.63) is 46.6 Å². The number of carbonyl (C=O) groups excluding carboxylic acids is 1. The number of carbonyl (C=O) groups is 1. The van der Waals surface area contributed by atoms with Crippen molar-refractivity contribution in [1.82, 2.24) is 15.1 Å². The van der Waals surface area contributed by atoms with Gasteiger partial charge in [0.2, 0.25) is 0 Å². The van der Waals surface area contributed by atoms with Crippen LogP contribution in [0.15, 0.2) is 24.4 Å². The smallest absolute Gasteiger partial charge is 0.254 e. The Labute approximate surface area is 154 Å². The second-order valence-electron chi connectivity index (χ2n) is 7.57. The molecule has 2 aromatic rings. The van der Waals surface area contributed by atoms with Gasteiger partial charge in [0.05, 0.1) is 6.20 Å². The molecule has 1 aliphatic heterocycles. The highest BCUT2D eigenvalue weighted by Crippen LogP contribution is 2.25. The molecule has 2 aliphatic rings. The number of aryl methyl sites for hydroxylation is 2. The highest BCUT2D eigenvalue weighted by atomic mass is 16.1. The van der Waals surface area contributed by atoms with Gasteiger partial charge in [0.15, 0.2) is 0 Å². The SMILES string of the molecule is CC(NCC1CNc2c(C(N)=O)cnn2C1)c1ccc2c(c1)CCCC2. The number of rotatable bonds is 5. The minimum Gasteiger partial charge on any atom is -0.369 e. The highest BCUT2D eigenvalue weighted by molar-refractivity contribution is 5.97. The first-order valence-electron chi connectivity index (χ1n) is 9.56. The van der Waals surface area contributed by atoms with Crippen LogP contribution < -0.4 is 16.4 Å². The Kier molecular flexibility index (Phi) is 4.68. The molecule has 138 valence electrons. The first kappa shape index (κ1) is 17.1. The summed E-state index contributed by atoms with van der Waals surface area (Å²) < 4.78 is 1.85. The molecule has 1 aromatic heterocycles. The summed E-state index contributed by atoms with van der Waals surface area (Å²) in [4.78, 5) is 11.4. The number of amides is 1. The van der Waals surface area contributed by atoms with Gasteiger partial charge in [-0.3, -0.25) is 4.79 Å². The van der Waals surface area contributed by atoms with Crippen LogP contribution in [0.1, 0.15) is 52.9 Å². The number of benzene rings is 1. The number of nitrogens with two attached hydrogens (primary N) is 1. The molecule has 2 heterocycles. The van der Waals surface area contributed by atoms with Gasteiger partial charge in [0.1, 0.15) is 11.4 Å². The van der Waals surface area contributed by atoms with Gasteiger partial charge in [-0.1, -0.05) is 18.2 Å². The number of primary amides is 1. The second-order valence-corrected chi connectivity index (χ2v) is 7.57. The van der Waals surface area contributed by atoms with Crippen molar-refractivity contribution < 1.29 is 4.79 Å². The number of aromatic nitrogens is 2. The summed E-state index contributed by atoms with van der Waals surface area (Å²) in [6.45, 7) is 4.73. The van der Waals surface area contributed by atoms with Crippen molar-refractivity contribution in [3.8, 4) is 0 Å². The summed E-state index contributed by atoms with van der Waals surface area (Å²) in [5, 5.41) is 11.3. The predicted molar refractivity (Wildman–Crippen MR) is 102 cm³/mol. The Morgan fingerprint density at radius 3 is 3.00 bits per heavy atom. The molecule has 2 unspecified atom stereocenters. The average molecular weight is 353 g/mol. The van der Waals surface area contributed by atoms with E-state index in [0.29, 0.717) is 17.5 Å². The van der Waals surface area contributed by atoms with E-state index in [1.165, 1.54) is 42.4 Å². The predicted octanol–water partition coefficient (Wildman–Crippen LogP) is 2.25. The molecule has 2 atom stereocenters. The van der Waals surface area contributed by atoms with Gasteiger partial charge in [0.25, 0.3) is 5.91 Å². The quantitative estimate of drug-likeness (QED) is 0.770. The van der Waals surface area contributed by atoms with E-state index in [0.717, 1.165) is 25.5 Å². The summed E-state index contributed by atoms with van der Waals surface area (Å²) in [6, 6.07) is 7.29. The number of fused-ring (bicyclic) bond motifs is 2. The Hall–Kier alpha value is -2.34. The Morgan fingerprint density at radius 2 is 2.19 bits per heavy atom. The lowest BCUT2D eigenvalue weighted by molar-refractivity contribution is 0.100. The average Bonchev–Trinajstić information content (AvgIpc) is 3.09. The van der Waals surface area contributed by atoms with Crippen LogP contribution in [0.3, 0.4) is 0 Å². The third-order valence-corrected chi connectivity index (χ3v) is 5.68. The molecular weight excluding hydrogens is 326 g/mol. The van der Waals surface area contributed by atoms with Gasteiger partial charge in [-0.15, -0.1) is 0 Å². The van der Waals surface area contributed by atoms with E-state index in [1.807, 2.05) is 4.68 Å². The fraction of sp³-hybridized carbons (Fsp3) is 0.500. The fourth-order valence-corrected chi connectivity index (χ4v) is 4.06. The summed E-state index contributed by atoms with van der Waals surface area (Å²) in [6.07, 6.45) is 6.63. The monoisotopic (exact) mass is 353 g/mol. The number of hydrogen-bond donors (Lipinski definition) is 3. The van der Waals surface area contributed by atoms with Crippen LogP contribution in [0.5, 0.6) is 0 Å². The summed E-state index contributed by atoms with van der Waals surface area (Å²) in [7, 11) is 0. The second kappa shape index (κ2) is 7.11. The molecule has 0 saturated heterocycles. The number of nitrogens with zero attached hydrogens (tertiary/aromatic N) is 2. The largest absolute Gasteiger partial charge is 0.369 e. The molecule has 4 N–H and O–H groups in total. The third kappa shape index (κ3) is 3.33. The maximum atomic E-state index is 11.4. The summed E-state index contributed by atoms with van der Waals surface area (Å²) >= 11 is 0. The number of anilines is 1. The molecule has 6 heteroatoms. The van der Waals surface area contributed by atoms with Crippen molar-refractivity contribution in [3.63, 3.8) is 0 Å². The summed E-state index contributed by atoms with van der Waals surface area (Å²) in [5.41, 5.74) is 10.3. The molecular formula is C20H27N5O. The molecule has 1 aliphatic carbocycles. The first-order chi connectivity index (χ1) is 12.6. The molecule has 26 heavy (non-hydrogen) atoms. The third-order valence-electron chi connectivity index (χ3n) is 5.68. The van der Waals surface area contributed by atoms with E-state index in [9.17, 15) is 4.79 Å². The van der Waals surface area contributed by atoms with E-state index >= 15 is 0 Å². The lowest BCUT2D eigenvalue weighted by Crippen LogP contribution is -2.36. The Bertz CT molecular complexity index is 813. The van der Waals surface area contributed by atoms with Crippen LogP contribution in [0.2, 0.25) is 0 Å². The van der Waals surface area contributed by atoms with Crippen LogP contribution in [-0.4, -0.2) is 28.8 Å². The molecule has 0 radical (unpaired) electrons. The summed E-state index contributed by atoms with van der Waals surface area (Å²) in [5.74, 6) is 0.732. The highest BCUT2D eigenvalue weighted by Gasteiger charge is 2.24. The number of nitrogens with one attached hydrogen (secondary N) is 2. The van der Waals surface area contributed by atoms with Crippen LogP contribution in [0.4, 0.5) is 5.82 Å². The lowest BCUT2D eigenvalue weighted by atomic mass is 9.89. The lowest BCUT2D eigenvalue weighted by Gasteiger charge is -2.27. The fourth-order valence-electron chi connectivity index (χ4n) is 4.06. The van der Waals surface area contributed by atoms with E-state index in [4.69, 9.17) is 5.73 Å². The van der Waals surface area contributed by atoms with Crippen molar-refractivity contribution in [2.45, 2.75) is 45.2 Å².